The molecule has 234 valence electrons. The van der Waals surface area contributed by atoms with E-state index in [1.54, 1.807) is 50.2 Å². The summed E-state index contributed by atoms with van der Waals surface area (Å²) in [5.41, 5.74) is -0.374. The highest BCUT2D eigenvalue weighted by Crippen LogP contribution is 2.37. The number of nitrogens with zero attached hydrogens (tertiary/aromatic N) is 6. The smallest absolute Gasteiger partial charge is 0.410 e. The van der Waals surface area contributed by atoms with Crippen LogP contribution < -0.4 is 14.8 Å². The van der Waals surface area contributed by atoms with E-state index in [-0.39, 0.29) is 37.4 Å². The van der Waals surface area contributed by atoms with Gasteiger partial charge < -0.3 is 19.7 Å². The Hall–Kier alpha value is -4.40. The van der Waals surface area contributed by atoms with Crippen molar-refractivity contribution in [1.29, 1.82) is 0 Å². The average molecular weight is 625 g/mol. The number of ether oxygens (including phenoxy) is 2. The van der Waals surface area contributed by atoms with E-state index in [0.717, 1.165) is 0 Å². The van der Waals surface area contributed by atoms with Crippen LogP contribution in [0.4, 0.5) is 16.4 Å². The van der Waals surface area contributed by atoms with E-state index in [9.17, 15) is 18.0 Å². The van der Waals surface area contributed by atoms with Crippen LogP contribution in [0.3, 0.4) is 0 Å². The van der Waals surface area contributed by atoms with Gasteiger partial charge in [-0.3, -0.25) is 19.5 Å². The summed E-state index contributed by atoms with van der Waals surface area (Å²) in [5.74, 6) is 0.315. The Morgan fingerprint density at radius 3 is 2.36 bits per heavy atom. The number of likely N-dealkylation sites (tertiary alicyclic amines) is 1. The quantitative estimate of drug-likeness (QED) is 0.356. The number of nitrogens with one attached hydrogen (secondary N) is 2. The van der Waals surface area contributed by atoms with E-state index < -0.39 is 38.3 Å². The molecule has 0 radical (unpaired) electrons. The third-order valence-electron chi connectivity index (χ3n) is 7.24. The lowest BCUT2D eigenvalue weighted by atomic mass is 9.74. The molecule has 0 aromatic carbocycles. The maximum Gasteiger partial charge on any atom is 0.410 e. The molecule has 1 saturated carbocycles. The number of hydrogen-bond acceptors (Lipinski definition) is 11. The third kappa shape index (κ3) is 7.21. The summed E-state index contributed by atoms with van der Waals surface area (Å²) in [4.78, 5) is 50.1. The Labute approximate surface area is 256 Å². The van der Waals surface area contributed by atoms with E-state index in [4.69, 9.17) is 9.47 Å². The van der Waals surface area contributed by atoms with E-state index in [1.807, 2.05) is 6.92 Å². The number of carbonyl (C=O) groups is 2. The molecule has 0 unspecified atom stereocenters. The minimum absolute atomic E-state index is 0.0361. The largest absolute Gasteiger partial charge is 0.477 e. The number of pyridine rings is 1. The highest BCUT2D eigenvalue weighted by molar-refractivity contribution is 7.93. The van der Waals surface area contributed by atoms with Gasteiger partial charge in [0.25, 0.3) is 0 Å². The summed E-state index contributed by atoms with van der Waals surface area (Å²) in [6, 6.07) is 3.41. The van der Waals surface area contributed by atoms with E-state index >= 15 is 0 Å². The fourth-order valence-electron chi connectivity index (χ4n) is 4.81. The van der Waals surface area contributed by atoms with Crippen LogP contribution in [-0.4, -0.2) is 80.8 Å². The molecule has 4 heterocycles. The summed E-state index contributed by atoms with van der Waals surface area (Å²) in [7, 11) is -3.60. The van der Waals surface area contributed by atoms with Crippen molar-refractivity contribution in [2.75, 3.05) is 29.7 Å². The fraction of sp³-hybridized carbons (Fsp3) is 0.483. The highest BCUT2D eigenvalue weighted by atomic mass is 32.2. The van der Waals surface area contributed by atoms with Crippen LogP contribution in [0.15, 0.2) is 43.1 Å². The van der Waals surface area contributed by atoms with Gasteiger partial charge in [0.05, 0.1) is 47.3 Å². The molecule has 5 rings (SSSR count). The lowest BCUT2D eigenvalue weighted by Gasteiger charge is -2.40. The molecule has 1 aliphatic carbocycles. The topological polar surface area (TPSA) is 178 Å². The third-order valence-corrected chi connectivity index (χ3v) is 9.09. The number of carbonyl (C=O) groups excluding carboxylic acids is 2. The lowest BCUT2D eigenvalue weighted by molar-refractivity contribution is -0.123. The van der Waals surface area contributed by atoms with Crippen LogP contribution in [-0.2, 0) is 25.0 Å². The van der Waals surface area contributed by atoms with E-state index in [0.29, 0.717) is 42.4 Å². The normalized spacial score (nSPS) is 16.6. The minimum atomic E-state index is -3.60. The summed E-state index contributed by atoms with van der Waals surface area (Å²) in [6.45, 7) is 8.10. The monoisotopic (exact) mass is 624 g/mol. The van der Waals surface area contributed by atoms with Gasteiger partial charge in [-0.2, -0.15) is 0 Å². The molecule has 0 spiro atoms. The lowest BCUT2D eigenvalue weighted by Crippen LogP contribution is -2.52. The molecule has 0 bridgehead atoms. The molecule has 2 N–H and O–H groups in total. The van der Waals surface area contributed by atoms with Crippen LogP contribution >= 0.6 is 0 Å². The Balaban J connectivity index is 1.39. The van der Waals surface area contributed by atoms with Gasteiger partial charge >= 0.3 is 6.09 Å². The van der Waals surface area contributed by atoms with E-state index in [2.05, 4.69) is 35.0 Å². The summed E-state index contributed by atoms with van der Waals surface area (Å²) < 4.78 is 38.6. The molecule has 3 aromatic rings. The number of rotatable bonds is 9. The van der Waals surface area contributed by atoms with Crippen LogP contribution in [0.5, 0.6) is 5.88 Å². The predicted octanol–water partition coefficient (Wildman–Crippen LogP) is 3.54. The van der Waals surface area contributed by atoms with Crippen molar-refractivity contribution >= 4 is 33.7 Å². The Morgan fingerprint density at radius 1 is 1.00 bits per heavy atom. The van der Waals surface area contributed by atoms with Crippen molar-refractivity contribution in [3.8, 4) is 17.1 Å². The van der Waals surface area contributed by atoms with Gasteiger partial charge in [-0.1, -0.05) is 0 Å². The van der Waals surface area contributed by atoms with Gasteiger partial charge in [-0.25, -0.2) is 28.2 Å². The van der Waals surface area contributed by atoms with E-state index in [1.165, 1.54) is 18.6 Å². The molecular formula is C29H36N8O6S. The molecule has 44 heavy (non-hydrogen) atoms. The number of piperidine rings is 1. The number of aromatic nitrogens is 5. The number of hydrogen-bond donors (Lipinski definition) is 2. The summed E-state index contributed by atoms with van der Waals surface area (Å²) >= 11 is 0. The number of sulfonamides is 1. The number of amides is 2. The molecular weight excluding hydrogens is 588 g/mol. The highest BCUT2D eigenvalue weighted by Gasteiger charge is 2.46. The molecule has 0 atom stereocenters. The second-order valence-corrected chi connectivity index (χ2v) is 13.7. The van der Waals surface area contributed by atoms with Crippen molar-refractivity contribution in [2.45, 2.75) is 69.6 Å². The van der Waals surface area contributed by atoms with Crippen LogP contribution in [0, 0.1) is 0 Å². The maximum absolute atomic E-state index is 14.1. The first-order valence-corrected chi connectivity index (χ1v) is 16.0. The Bertz CT molecular complexity index is 1620. The van der Waals surface area contributed by atoms with Crippen LogP contribution in [0.1, 0.15) is 59.1 Å². The second kappa shape index (κ2) is 12.3. The second-order valence-electron chi connectivity index (χ2n) is 11.7. The van der Waals surface area contributed by atoms with Gasteiger partial charge in [-0.05, 0) is 65.5 Å². The molecule has 3 aromatic heterocycles. The first-order valence-electron chi connectivity index (χ1n) is 14.4. The predicted molar refractivity (Wildman–Crippen MR) is 161 cm³/mol. The van der Waals surface area contributed by atoms with Crippen molar-refractivity contribution in [1.82, 2.24) is 29.8 Å². The van der Waals surface area contributed by atoms with Gasteiger partial charge in [0.15, 0.2) is 5.82 Å². The summed E-state index contributed by atoms with van der Waals surface area (Å²) in [6.07, 6.45) is 8.56. The van der Waals surface area contributed by atoms with Crippen LogP contribution in [0.2, 0.25) is 0 Å². The minimum Gasteiger partial charge on any atom is -0.477 e. The zero-order valence-electron chi connectivity index (χ0n) is 25.1. The standard InChI is InChI=1S/C29H36N8O6S/c1-5-42-25-18-30-15-21(33-25)19-6-9-23(32-14-19)35-26(38)29(10-12-37(13-11-29)27(39)43-28(2,3)4)22-16-31-17-24(34-22)36-44(40,41)20-7-8-20/h6,9,14-18,20H,5,7-8,10-13H2,1-4H3,(H,34,36)(H,32,35,38). The Morgan fingerprint density at radius 2 is 1.73 bits per heavy atom. The first-order chi connectivity index (χ1) is 20.9. The molecule has 1 aliphatic heterocycles. The zero-order valence-corrected chi connectivity index (χ0v) is 25.9. The Kier molecular flexibility index (Phi) is 8.68. The van der Waals surface area contributed by atoms with Crippen molar-refractivity contribution in [3.05, 3.63) is 48.8 Å². The fourth-order valence-corrected chi connectivity index (χ4v) is 6.12. The molecule has 14 nitrogen and oxygen atoms in total. The van der Waals surface area contributed by atoms with Crippen LogP contribution in [0.25, 0.3) is 11.3 Å². The molecule has 2 fully saturated rings. The first kappa shape index (κ1) is 31.0. The van der Waals surface area contributed by atoms with Crippen molar-refractivity contribution < 1.29 is 27.5 Å². The SMILES string of the molecule is CCOc1cncc(-c2ccc(NC(=O)C3(c4cncc(NS(=O)(=O)C5CC5)n4)CCN(C(=O)OC(C)(C)C)CC3)nc2)n1. The summed E-state index contributed by atoms with van der Waals surface area (Å²) in [5, 5.41) is 2.43. The maximum atomic E-state index is 14.1. The molecule has 1 saturated heterocycles. The van der Waals surface area contributed by atoms with Gasteiger partial charge in [0, 0.05) is 31.0 Å². The number of anilines is 2. The van der Waals surface area contributed by atoms with Gasteiger partial charge in [-0.15, -0.1) is 0 Å². The molecule has 15 heteroatoms. The van der Waals surface area contributed by atoms with Gasteiger partial charge in [0.2, 0.25) is 21.8 Å². The average Bonchev–Trinajstić information content (AvgIpc) is 3.84. The van der Waals surface area contributed by atoms with Crippen molar-refractivity contribution in [3.63, 3.8) is 0 Å². The van der Waals surface area contributed by atoms with Crippen molar-refractivity contribution in [2.24, 2.45) is 0 Å². The molecule has 2 aliphatic rings. The van der Waals surface area contributed by atoms with Gasteiger partial charge in [0.1, 0.15) is 11.4 Å². The molecule has 2 amide bonds. The zero-order chi connectivity index (χ0) is 31.5.